The Labute approximate surface area is 238 Å². The number of nitrogens with zero attached hydrogens (tertiary/aromatic N) is 7. The number of carbonyl (C=O) groups excluding carboxylic acids is 1. The van der Waals surface area contributed by atoms with Gasteiger partial charge in [-0.3, -0.25) is 19.6 Å². The SMILES string of the molecule is CC(C)N1[C@H](C)CN(c2ccc(Nc3ncc4c(n3)N3CCN=C3N(c3c(F)cccc3Cl)C4=O)cc2)C[C@@H]1C. The Morgan fingerprint density at radius 2 is 1.80 bits per heavy atom. The molecular formula is C29H32ClFN8O. The van der Waals surface area contributed by atoms with E-state index in [-0.39, 0.29) is 16.3 Å². The molecule has 1 N–H and O–H groups in total. The molecule has 1 amide bonds. The fourth-order valence-electron chi connectivity index (χ4n) is 6.18. The monoisotopic (exact) mass is 562 g/mol. The Hall–Kier alpha value is -3.76. The number of halogens is 2. The van der Waals surface area contributed by atoms with Gasteiger partial charge in [0.2, 0.25) is 11.9 Å². The van der Waals surface area contributed by atoms with E-state index in [2.05, 4.69) is 69.9 Å². The number of benzene rings is 2. The zero-order chi connectivity index (χ0) is 28.1. The van der Waals surface area contributed by atoms with Crippen molar-refractivity contribution in [1.82, 2.24) is 14.9 Å². The molecule has 0 bridgehead atoms. The lowest BCUT2D eigenvalue weighted by atomic mass is 10.0. The van der Waals surface area contributed by atoms with Crippen LogP contribution in [0.5, 0.6) is 0 Å². The van der Waals surface area contributed by atoms with E-state index in [0.717, 1.165) is 18.8 Å². The van der Waals surface area contributed by atoms with Crippen LogP contribution in [0.2, 0.25) is 5.02 Å². The smallest absolute Gasteiger partial charge is 0.270 e. The summed E-state index contributed by atoms with van der Waals surface area (Å²) >= 11 is 6.30. The first-order valence-electron chi connectivity index (χ1n) is 13.6. The largest absolute Gasteiger partial charge is 0.368 e. The van der Waals surface area contributed by atoms with Crippen LogP contribution in [-0.4, -0.2) is 71.0 Å². The number of aliphatic imine (C=N–C) groups is 1. The number of amides is 1. The van der Waals surface area contributed by atoms with E-state index in [4.69, 9.17) is 11.6 Å². The molecule has 6 rings (SSSR count). The number of carbonyl (C=O) groups is 1. The van der Waals surface area contributed by atoms with E-state index in [1.54, 1.807) is 11.0 Å². The van der Waals surface area contributed by atoms with Crippen LogP contribution in [0.15, 0.2) is 53.7 Å². The molecule has 1 saturated heterocycles. The number of guanidine groups is 1. The second kappa shape index (κ2) is 10.3. The summed E-state index contributed by atoms with van der Waals surface area (Å²) in [6.07, 6.45) is 1.47. The minimum atomic E-state index is -0.604. The van der Waals surface area contributed by atoms with Gasteiger partial charge in [-0.25, -0.2) is 14.3 Å². The number of hydrogen-bond acceptors (Lipinski definition) is 8. The predicted molar refractivity (Wildman–Crippen MR) is 158 cm³/mol. The van der Waals surface area contributed by atoms with Crippen molar-refractivity contribution >= 4 is 52.3 Å². The van der Waals surface area contributed by atoms with E-state index in [9.17, 15) is 9.18 Å². The van der Waals surface area contributed by atoms with Gasteiger partial charge < -0.3 is 10.2 Å². The minimum Gasteiger partial charge on any atom is -0.368 e. The van der Waals surface area contributed by atoms with Crippen molar-refractivity contribution in [3.63, 3.8) is 0 Å². The van der Waals surface area contributed by atoms with Crippen LogP contribution >= 0.6 is 11.6 Å². The summed E-state index contributed by atoms with van der Waals surface area (Å²) in [6, 6.07) is 14.0. The predicted octanol–water partition coefficient (Wildman–Crippen LogP) is 5.16. The van der Waals surface area contributed by atoms with Gasteiger partial charge in [0.25, 0.3) is 5.91 Å². The van der Waals surface area contributed by atoms with E-state index in [1.165, 1.54) is 28.9 Å². The van der Waals surface area contributed by atoms with Crippen LogP contribution < -0.4 is 20.0 Å². The van der Waals surface area contributed by atoms with E-state index in [1.807, 2.05) is 12.1 Å². The van der Waals surface area contributed by atoms with Crippen molar-refractivity contribution in [2.45, 2.75) is 45.8 Å². The number of anilines is 5. The Morgan fingerprint density at radius 3 is 2.48 bits per heavy atom. The molecule has 1 aromatic heterocycles. The highest BCUT2D eigenvalue weighted by Crippen LogP contribution is 2.37. The summed E-state index contributed by atoms with van der Waals surface area (Å²) in [5, 5.41) is 3.38. The summed E-state index contributed by atoms with van der Waals surface area (Å²) in [5.74, 6) is 0.0170. The molecule has 0 radical (unpaired) electrons. The number of para-hydroxylation sites is 1. The molecule has 0 unspecified atom stereocenters. The number of hydrogen-bond donors (Lipinski definition) is 1. The van der Waals surface area contributed by atoms with Gasteiger partial charge in [0, 0.05) is 55.3 Å². The lowest BCUT2D eigenvalue weighted by molar-refractivity contribution is 0.0954. The number of fused-ring (bicyclic) bond motifs is 3. The van der Waals surface area contributed by atoms with Crippen molar-refractivity contribution < 1.29 is 9.18 Å². The molecule has 0 spiro atoms. The molecule has 2 aromatic carbocycles. The summed E-state index contributed by atoms with van der Waals surface area (Å²) in [5.41, 5.74) is 2.24. The highest BCUT2D eigenvalue weighted by Gasteiger charge is 2.41. The van der Waals surface area contributed by atoms with Gasteiger partial charge in [0.15, 0.2) is 5.82 Å². The lowest BCUT2D eigenvalue weighted by Crippen LogP contribution is -2.58. The Morgan fingerprint density at radius 1 is 1.07 bits per heavy atom. The molecule has 11 heteroatoms. The third kappa shape index (κ3) is 4.54. The quantitative estimate of drug-likeness (QED) is 0.460. The molecule has 0 aliphatic carbocycles. The molecule has 9 nitrogen and oxygen atoms in total. The van der Waals surface area contributed by atoms with Crippen molar-refractivity contribution in [1.29, 1.82) is 0 Å². The van der Waals surface area contributed by atoms with E-state index in [0.29, 0.717) is 48.9 Å². The van der Waals surface area contributed by atoms with Crippen molar-refractivity contribution in [2.75, 3.05) is 46.2 Å². The molecule has 3 aliphatic heterocycles. The molecule has 1 fully saturated rings. The standard InChI is InChI=1S/C29H32ClFN8O/c1-17(2)38-18(3)15-36(16-19(38)4)21-10-8-20(9-11-21)34-28-33-14-22-26(35-28)37-13-12-32-29(37)39(27(22)40)25-23(30)6-5-7-24(25)31/h5-11,14,17-19H,12-13,15-16H2,1-4H3,(H,33,34,35)/t18-,19+. The number of nitrogens with one attached hydrogen (secondary N) is 1. The number of rotatable bonds is 5. The Bertz CT molecular complexity index is 1450. The third-order valence-corrected chi connectivity index (χ3v) is 8.01. The first kappa shape index (κ1) is 26.5. The van der Waals surface area contributed by atoms with Crippen LogP contribution in [0, 0.1) is 5.82 Å². The first-order chi connectivity index (χ1) is 19.2. The van der Waals surface area contributed by atoms with Gasteiger partial charge in [0.1, 0.15) is 17.1 Å². The minimum absolute atomic E-state index is 0.0258. The third-order valence-electron chi connectivity index (χ3n) is 7.71. The summed E-state index contributed by atoms with van der Waals surface area (Å²) < 4.78 is 14.8. The Balaban J connectivity index is 1.22. The van der Waals surface area contributed by atoms with Gasteiger partial charge in [-0.05, 0) is 64.1 Å². The second-order valence-corrected chi connectivity index (χ2v) is 11.2. The maximum atomic E-state index is 14.8. The lowest BCUT2D eigenvalue weighted by Gasteiger charge is -2.47. The van der Waals surface area contributed by atoms with Crippen LogP contribution in [0.1, 0.15) is 38.1 Å². The molecule has 2 atom stereocenters. The van der Waals surface area contributed by atoms with Gasteiger partial charge in [-0.15, -0.1) is 0 Å². The topological polar surface area (TPSA) is 80.2 Å². The molecule has 4 heterocycles. The summed E-state index contributed by atoms with van der Waals surface area (Å²) in [6.45, 7) is 12.0. The summed E-state index contributed by atoms with van der Waals surface area (Å²) in [4.78, 5) is 35.1. The highest BCUT2D eigenvalue weighted by molar-refractivity contribution is 6.38. The average Bonchev–Trinajstić information content (AvgIpc) is 3.40. The normalized spacial score (nSPS) is 21.0. The maximum Gasteiger partial charge on any atom is 0.270 e. The zero-order valence-electron chi connectivity index (χ0n) is 23.0. The molecule has 3 aromatic rings. The van der Waals surface area contributed by atoms with Crippen molar-refractivity contribution in [3.8, 4) is 0 Å². The molecule has 40 heavy (non-hydrogen) atoms. The number of aromatic nitrogens is 2. The fourth-order valence-corrected chi connectivity index (χ4v) is 6.43. The van der Waals surface area contributed by atoms with Crippen molar-refractivity contribution in [3.05, 3.63) is 65.1 Å². The summed E-state index contributed by atoms with van der Waals surface area (Å²) in [7, 11) is 0. The molecule has 208 valence electrons. The van der Waals surface area contributed by atoms with Gasteiger partial charge in [0.05, 0.1) is 11.6 Å². The number of piperazine rings is 1. The van der Waals surface area contributed by atoms with Crippen LogP contribution in [-0.2, 0) is 0 Å². The van der Waals surface area contributed by atoms with Crippen LogP contribution in [0.3, 0.4) is 0 Å². The van der Waals surface area contributed by atoms with Crippen LogP contribution in [0.25, 0.3) is 0 Å². The first-order valence-corrected chi connectivity index (χ1v) is 14.0. The van der Waals surface area contributed by atoms with Gasteiger partial charge >= 0.3 is 0 Å². The second-order valence-electron chi connectivity index (χ2n) is 10.8. The fraction of sp³-hybridized carbons (Fsp3) is 0.379. The molecule has 3 aliphatic rings. The van der Waals surface area contributed by atoms with E-state index >= 15 is 0 Å². The molecular weight excluding hydrogens is 531 g/mol. The Kier molecular flexibility index (Phi) is 6.83. The van der Waals surface area contributed by atoms with Gasteiger partial charge in [-0.1, -0.05) is 17.7 Å². The van der Waals surface area contributed by atoms with Crippen LogP contribution in [0.4, 0.5) is 33.2 Å². The van der Waals surface area contributed by atoms with Crippen molar-refractivity contribution in [2.24, 2.45) is 4.99 Å². The van der Waals surface area contributed by atoms with Gasteiger partial charge in [-0.2, -0.15) is 4.98 Å². The zero-order valence-corrected chi connectivity index (χ0v) is 23.7. The highest BCUT2D eigenvalue weighted by atomic mass is 35.5. The maximum absolute atomic E-state index is 14.8. The molecule has 0 saturated carbocycles. The van der Waals surface area contributed by atoms with E-state index < -0.39 is 11.7 Å². The average molecular weight is 563 g/mol.